The van der Waals surface area contributed by atoms with Crippen molar-refractivity contribution in [3.8, 4) is 11.3 Å². The Bertz CT molecular complexity index is 924. The number of benzene rings is 2. The number of nitrogens with two attached hydrogens (primary N) is 1. The third kappa shape index (κ3) is 3.96. The molecule has 6 heteroatoms. The van der Waals surface area contributed by atoms with Crippen LogP contribution in [0.3, 0.4) is 0 Å². The fourth-order valence-corrected chi connectivity index (χ4v) is 3.75. The summed E-state index contributed by atoms with van der Waals surface area (Å²) in [5.41, 5.74) is 9.99. The second-order valence-corrected chi connectivity index (χ2v) is 7.17. The Hall–Kier alpha value is -2.63. The van der Waals surface area contributed by atoms with E-state index in [0.29, 0.717) is 25.3 Å². The lowest BCUT2D eigenvalue weighted by Gasteiger charge is -2.16. The summed E-state index contributed by atoms with van der Waals surface area (Å²) in [5, 5.41) is 4.08. The molecule has 2 N–H and O–H groups in total. The molecule has 1 aliphatic rings. The molecular formula is C22H24ClN3O2. The maximum absolute atomic E-state index is 12.9. The first-order valence-electron chi connectivity index (χ1n) is 9.23. The van der Waals surface area contributed by atoms with E-state index >= 15 is 0 Å². The first-order chi connectivity index (χ1) is 13.2. The predicted molar refractivity (Wildman–Crippen MR) is 112 cm³/mol. The van der Waals surface area contributed by atoms with Crippen LogP contribution >= 0.6 is 12.4 Å². The first-order valence-corrected chi connectivity index (χ1v) is 9.23. The number of aryl methyl sites for hydroxylation is 1. The van der Waals surface area contributed by atoms with Gasteiger partial charge in [0.2, 0.25) is 5.76 Å². The van der Waals surface area contributed by atoms with E-state index in [1.54, 1.807) is 6.07 Å². The van der Waals surface area contributed by atoms with Gasteiger partial charge in [-0.1, -0.05) is 65.3 Å². The molecule has 0 spiro atoms. The van der Waals surface area contributed by atoms with E-state index in [0.717, 1.165) is 5.56 Å². The number of halogens is 1. The lowest BCUT2D eigenvalue weighted by Crippen LogP contribution is -2.29. The Morgan fingerprint density at radius 2 is 1.86 bits per heavy atom. The molecule has 1 aliphatic heterocycles. The highest BCUT2D eigenvalue weighted by Gasteiger charge is 2.36. The van der Waals surface area contributed by atoms with E-state index in [1.165, 1.54) is 11.1 Å². The molecule has 1 amide bonds. The van der Waals surface area contributed by atoms with E-state index in [9.17, 15) is 4.79 Å². The molecule has 3 aromatic rings. The minimum atomic E-state index is -0.127. The molecule has 0 aliphatic carbocycles. The minimum absolute atomic E-state index is 0. The Kier molecular flexibility index (Phi) is 6.17. The van der Waals surface area contributed by atoms with Gasteiger partial charge in [0.1, 0.15) is 5.69 Å². The number of amides is 1. The third-order valence-electron chi connectivity index (χ3n) is 5.33. The van der Waals surface area contributed by atoms with Crippen molar-refractivity contribution in [3.63, 3.8) is 0 Å². The zero-order chi connectivity index (χ0) is 18.8. The second-order valence-electron chi connectivity index (χ2n) is 7.17. The number of hydrogen-bond acceptors (Lipinski definition) is 4. The summed E-state index contributed by atoms with van der Waals surface area (Å²) in [4.78, 5) is 14.8. The molecule has 0 radical (unpaired) electrons. The Labute approximate surface area is 170 Å². The van der Waals surface area contributed by atoms with Crippen molar-refractivity contribution in [2.75, 3.05) is 19.6 Å². The van der Waals surface area contributed by atoms with Crippen molar-refractivity contribution in [1.82, 2.24) is 10.1 Å². The lowest BCUT2D eigenvalue weighted by molar-refractivity contribution is 0.0745. The molecule has 0 bridgehead atoms. The van der Waals surface area contributed by atoms with Crippen LogP contribution in [0.5, 0.6) is 0 Å². The topological polar surface area (TPSA) is 72.4 Å². The van der Waals surface area contributed by atoms with Gasteiger partial charge in [0.25, 0.3) is 5.91 Å². The van der Waals surface area contributed by atoms with Gasteiger partial charge in [-0.25, -0.2) is 0 Å². The van der Waals surface area contributed by atoms with Crippen LogP contribution in [0.1, 0.15) is 27.6 Å². The third-order valence-corrected chi connectivity index (χ3v) is 5.33. The summed E-state index contributed by atoms with van der Waals surface area (Å²) >= 11 is 0. The van der Waals surface area contributed by atoms with Crippen LogP contribution in [0.2, 0.25) is 0 Å². The highest BCUT2D eigenvalue weighted by Crippen LogP contribution is 2.33. The van der Waals surface area contributed by atoms with E-state index in [2.05, 4.69) is 17.3 Å². The summed E-state index contributed by atoms with van der Waals surface area (Å²) in [6, 6.07) is 20.0. The normalized spacial score (nSPS) is 18.7. The van der Waals surface area contributed by atoms with E-state index in [4.69, 9.17) is 10.3 Å². The molecule has 28 heavy (non-hydrogen) atoms. The predicted octanol–water partition coefficient (Wildman–Crippen LogP) is 3.89. The number of hydrogen-bond donors (Lipinski definition) is 1. The van der Waals surface area contributed by atoms with Crippen molar-refractivity contribution in [3.05, 3.63) is 77.6 Å². The van der Waals surface area contributed by atoms with Crippen LogP contribution in [-0.4, -0.2) is 35.6 Å². The first kappa shape index (κ1) is 20.1. The Balaban J connectivity index is 0.00000225. The molecule has 1 aromatic heterocycles. The quantitative estimate of drug-likeness (QED) is 0.724. The van der Waals surface area contributed by atoms with Gasteiger partial charge < -0.3 is 15.2 Å². The number of aromatic nitrogens is 1. The molecule has 2 heterocycles. The second kappa shape index (κ2) is 8.59. The van der Waals surface area contributed by atoms with Gasteiger partial charge in [-0.15, -0.1) is 12.4 Å². The summed E-state index contributed by atoms with van der Waals surface area (Å²) in [6.07, 6.45) is 0. The summed E-state index contributed by atoms with van der Waals surface area (Å²) in [6.45, 7) is 3.86. The van der Waals surface area contributed by atoms with E-state index < -0.39 is 0 Å². The highest BCUT2D eigenvalue weighted by atomic mass is 35.5. The van der Waals surface area contributed by atoms with Crippen molar-refractivity contribution in [2.24, 2.45) is 11.7 Å². The van der Waals surface area contributed by atoms with Crippen LogP contribution < -0.4 is 5.73 Å². The van der Waals surface area contributed by atoms with Gasteiger partial charge in [0.05, 0.1) is 0 Å². The van der Waals surface area contributed by atoms with Gasteiger partial charge >= 0.3 is 0 Å². The molecule has 0 unspecified atom stereocenters. The number of nitrogens with zero attached hydrogens (tertiary/aromatic N) is 2. The fraction of sp³-hybridized carbons (Fsp3) is 0.273. The molecule has 2 aromatic carbocycles. The zero-order valence-corrected chi connectivity index (χ0v) is 16.6. The lowest BCUT2D eigenvalue weighted by atomic mass is 9.89. The van der Waals surface area contributed by atoms with Gasteiger partial charge in [0.15, 0.2) is 0 Å². The van der Waals surface area contributed by atoms with E-state index in [-0.39, 0.29) is 35.9 Å². The summed E-state index contributed by atoms with van der Waals surface area (Å²) in [5.74, 6) is 0.642. The van der Waals surface area contributed by atoms with Crippen LogP contribution in [0.25, 0.3) is 11.3 Å². The average molecular weight is 398 g/mol. The molecule has 1 fully saturated rings. The fourth-order valence-electron chi connectivity index (χ4n) is 3.75. The molecular weight excluding hydrogens is 374 g/mol. The van der Waals surface area contributed by atoms with Gasteiger partial charge in [0, 0.05) is 30.6 Å². The molecule has 1 saturated heterocycles. The van der Waals surface area contributed by atoms with Crippen LogP contribution in [0.4, 0.5) is 0 Å². The van der Waals surface area contributed by atoms with Crippen molar-refractivity contribution in [1.29, 1.82) is 0 Å². The maximum atomic E-state index is 12.9. The van der Waals surface area contributed by atoms with E-state index in [1.807, 2.05) is 54.3 Å². The molecule has 146 valence electrons. The SMILES string of the molecule is Cc1ccc(-c2cc(C(=O)N3C[C@@H](CN)[C@H](c4ccccc4)C3)on2)cc1.Cl. The van der Waals surface area contributed by atoms with Crippen LogP contribution in [-0.2, 0) is 0 Å². The highest BCUT2D eigenvalue weighted by molar-refractivity contribution is 5.92. The Morgan fingerprint density at radius 1 is 1.14 bits per heavy atom. The molecule has 4 rings (SSSR count). The number of carbonyl (C=O) groups excluding carboxylic acids is 1. The number of likely N-dealkylation sites (tertiary alicyclic amines) is 1. The minimum Gasteiger partial charge on any atom is -0.350 e. The van der Waals surface area contributed by atoms with Gasteiger partial charge in [-0.05, 0) is 24.9 Å². The van der Waals surface area contributed by atoms with Crippen LogP contribution in [0.15, 0.2) is 65.2 Å². The Morgan fingerprint density at radius 3 is 2.54 bits per heavy atom. The van der Waals surface area contributed by atoms with Crippen LogP contribution in [0, 0.1) is 12.8 Å². The number of rotatable bonds is 4. The summed E-state index contributed by atoms with van der Waals surface area (Å²) < 4.78 is 5.36. The number of carbonyl (C=O) groups is 1. The monoisotopic (exact) mass is 397 g/mol. The average Bonchev–Trinajstić information content (AvgIpc) is 3.36. The zero-order valence-electron chi connectivity index (χ0n) is 15.7. The van der Waals surface area contributed by atoms with Crippen molar-refractivity contribution in [2.45, 2.75) is 12.8 Å². The molecule has 2 atom stereocenters. The largest absolute Gasteiger partial charge is 0.350 e. The standard InChI is InChI=1S/C22H23N3O2.ClH/c1-15-7-9-17(10-8-15)20-11-21(27-24-20)22(26)25-13-18(12-23)19(14-25)16-5-3-2-4-6-16;/h2-11,18-19H,12-14,23H2,1H3;1H/t18-,19+;/m1./s1. The van der Waals surface area contributed by atoms with Crippen molar-refractivity contribution >= 4 is 18.3 Å². The van der Waals surface area contributed by atoms with Crippen molar-refractivity contribution < 1.29 is 9.32 Å². The molecule has 0 saturated carbocycles. The van der Waals surface area contributed by atoms with Gasteiger partial charge in [-0.2, -0.15) is 0 Å². The molecule has 5 nitrogen and oxygen atoms in total. The van der Waals surface area contributed by atoms with Gasteiger partial charge in [-0.3, -0.25) is 4.79 Å². The maximum Gasteiger partial charge on any atom is 0.292 e. The summed E-state index contributed by atoms with van der Waals surface area (Å²) in [7, 11) is 0. The smallest absolute Gasteiger partial charge is 0.292 e.